The quantitative estimate of drug-likeness (QED) is 0.881. The van der Waals surface area contributed by atoms with Gasteiger partial charge in [-0.1, -0.05) is 11.6 Å². The molecule has 3 atom stereocenters. The number of aryl methyl sites for hydroxylation is 1. The number of carbonyl (C=O) groups excluding carboxylic acids is 1. The van der Waals surface area contributed by atoms with E-state index in [1.807, 2.05) is 0 Å². The number of nitrogens with zero attached hydrogens (tertiary/aromatic N) is 2. The molecule has 6 nitrogen and oxygen atoms in total. The summed E-state index contributed by atoms with van der Waals surface area (Å²) in [4.78, 5) is 14.2. The molecule has 2 fully saturated rings. The Balaban J connectivity index is 0.00000161. The minimum Gasteiger partial charge on any atom is -0.360 e. The predicted molar refractivity (Wildman–Crippen MR) is 82.4 cm³/mol. The fourth-order valence-corrected chi connectivity index (χ4v) is 3.55. The van der Waals surface area contributed by atoms with Gasteiger partial charge in [0.15, 0.2) is 5.82 Å². The van der Waals surface area contributed by atoms with Crippen molar-refractivity contribution in [2.75, 3.05) is 25.0 Å². The number of amides is 1. The summed E-state index contributed by atoms with van der Waals surface area (Å²) in [5, 5.41) is 6.53. The molecule has 0 bridgehead atoms. The van der Waals surface area contributed by atoms with Crippen molar-refractivity contribution in [1.82, 2.24) is 10.1 Å². The number of likely N-dealkylation sites (tertiary alicyclic amines) is 1. The number of rotatable bonds is 3. The Bertz CT molecular complexity index is 493. The molecule has 7 heteroatoms. The molecule has 1 amide bonds. The summed E-state index contributed by atoms with van der Waals surface area (Å²) in [6.45, 7) is 4.14. The lowest BCUT2D eigenvalue weighted by molar-refractivity contribution is -0.117. The maximum Gasteiger partial charge on any atom is 0.239 e. The van der Waals surface area contributed by atoms with E-state index in [4.69, 9.17) is 10.3 Å². The predicted octanol–water partition coefficient (Wildman–Crippen LogP) is 1.40. The second-order valence-corrected chi connectivity index (χ2v) is 6.08. The van der Waals surface area contributed by atoms with Crippen LogP contribution in [0.2, 0.25) is 0 Å². The molecule has 2 aliphatic rings. The van der Waals surface area contributed by atoms with Crippen LogP contribution in [-0.4, -0.2) is 41.6 Å². The zero-order chi connectivity index (χ0) is 14.1. The summed E-state index contributed by atoms with van der Waals surface area (Å²) in [7, 11) is 0. The zero-order valence-corrected chi connectivity index (χ0v) is 13.1. The van der Waals surface area contributed by atoms with Crippen molar-refractivity contribution in [3.63, 3.8) is 0 Å². The molecule has 0 spiro atoms. The SMILES string of the molecule is Cc1cc(NC(=O)CN2CC3CCCC(N)C3C2)no1.Cl. The summed E-state index contributed by atoms with van der Waals surface area (Å²) in [5.74, 6) is 2.37. The van der Waals surface area contributed by atoms with E-state index in [9.17, 15) is 4.79 Å². The van der Waals surface area contributed by atoms with Crippen LogP contribution in [0, 0.1) is 18.8 Å². The highest BCUT2D eigenvalue weighted by molar-refractivity contribution is 5.91. The van der Waals surface area contributed by atoms with Gasteiger partial charge in [0.05, 0.1) is 6.54 Å². The normalized spacial score (nSPS) is 28.8. The fraction of sp³-hybridized carbons (Fsp3) is 0.714. The van der Waals surface area contributed by atoms with Crippen molar-refractivity contribution in [3.8, 4) is 0 Å². The fourth-order valence-electron chi connectivity index (χ4n) is 3.55. The molecule has 2 heterocycles. The summed E-state index contributed by atoms with van der Waals surface area (Å²) in [6.07, 6.45) is 3.60. The van der Waals surface area contributed by atoms with E-state index in [0.29, 0.717) is 36.0 Å². The van der Waals surface area contributed by atoms with Gasteiger partial charge in [-0.2, -0.15) is 0 Å². The van der Waals surface area contributed by atoms with E-state index in [2.05, 4.69) is 15.4 Å². The number of carbonyl (C=O) groups is 1. The van der Waals surface area contributed by atoms with Crippen molar-refractivity contribution < 1.29 is 9.32 Å². The lowest BCUT2D eigenvalue weighted by atomic mass is 9.78. The Labute approximate surface area is 130 Å². The number of aromatic nitrogens is 1. The van der Waals surface area contributed by atoms with E-state index in [0.717, 1.165) is 19.5 Å². The molecule has 3 N–H and O–H groups in total. The Morgan fingerprint density at radius 1 is 1.52 bits per heavy atom. The summed E-state index contributed by atoms with van der Waals surface area (Å²) in [6, 6.07) is 2.03. The first-order valence-corrected chi connectivity index (χ1v) is 7.33. The first-order chi connectivity index (χ1) is 9.61. The van der Waals surface area contributed by atoms with Crippen molar-refractivity contribution in [2.24, 2.45) is 17.6 Å². The van der Waals surface area contributed by atoms with Crippen LogP contribution in [0.1, 0.15) is 25.0 Å². The summed E-state index contributed by atoms with van der Waals surface area (Å²) < 4.78 is 4.93. The third kappa shape index (κ3) is 3.75. The first-order valence-electron chi connectivity index (χ1n) is 7.33. The standard InChI is InChI=1S/C14H22N4O2.ClH/c1-9-5-13(17-20-9)16-14(19)8-18-6-10-3-2-4-12(15)11(10)7-18;/h5,10-12H,2-4,6-8,15H2,1H3,(H,16,17,19);1H. The Kier molecular flexibility index (Phi) is 5.24. The van der Waals surface area contributed by atoms with Crippen molar-refractivity contribution >= 4 is 24.1 Å². The monoisotopic (exact) mass is 314 g/mol. The molecule has 1 aromatic heterocycles. The summed E-state index contributed by atoms with van der Waals surface area (Å²) >= 11 is 0. The van der Waals surface area contributed by atoms with Gasteiger partial charge in [0, 0.05) is 25.2 Å². The van der Waals surface area contributed by atoms with Gasteiger partial charge < -0.3 is 15.6 Å². The average molecular weight is 315 g/mol. The Morgan fingerprint density at radius 3 is 3.00 bits per heavy atom. The number of hydrogen-bond donors (Lipinski definition) is 2. The highest BCUT2D eigenvalue weighted by Crippen LogP contribution is 2.35. The number of anilines is 1. The van der Waals surface area contributed by atoms with E-state index >= 15 is 0 Å². The molecule has 3 unspecified atom stereocenters. The summed E-state index contributed by atoms with van der Waals surface area (Å²) in [5.41, 5.74) is 6.19. The molecule has 0 aromatic carbocycles. The van der Waals surface area contributed by atoms with Crippen LogP contribution in [0.25, 0.3) is 0 Å². The number of halogens is 1. The van der Waals surface area contributed by atoms with Gasteiger partial charge in [-0.15, -0.1) is 12.4 Å². The van der Waals surface area contributed by atoms with Crippen LogP contribution in [0.3, 0.4) is 0 Å². The van der Waals surface area contributed by atoms with Crippen LogP contribution in [0.4, 0.5) is 5.82 Å². The van der Waals surface area contributed by atoms with Gasteiger partial charge in [-0.25, -0.2) is 0 Å². The van der Waals surface area contributed by atoms with Crippen LogP contribution in [0.5, 0.6) is 0 Å². The minimum absolute atomic E-state index is 0. The van der Waals surface area contributed by atoms with Gasteiger partial charge in [0.2, 0.25) is 5.91 Å². The molecule has 1 saturated heterocycles. The van der Waals surface area contributed by atoms with Gasteiger partial charge in [0.1, 0.15) is 5.76 Å². The number of nitrogens with two attached hydrogens (primary N) is 1. The maximum absolute atomic E-state index is 12.0. The minimum atomic E-state index is -0.0366. The highest BCUT2D eigenvalue weighted by Gasteiger charge is 2.38. The van der Waals surface area contributed by atoms with E-state index in [-0.39, 0.29) is 18.3 Å². The number of nitrogens with one attached hydrogen (secondary N) is 1. The largest absolute Gasteiger partial charge is 0.360 e. The van der Waals surface area contributed by atoms with Crippen molar-refractivity contribution in [1.29, 1.82) is 0 Å². The zero-order valence-electron chi connectivity index (χ0n) is 12.2. The van der Waals surface area contributed by atoms with E-state index in [1.165, 1.54) is 12.8 Å². The highest BCUT2D eigenvalue weighted by atomic mass is 35.5. The first kappa shape index (κ1) is 16.3. The van der Waals surface area contributed by atoms with Gasteiger partial charge >= 0.3 is 0 Å². The van der Waals surface area contributed by atoms with Gasteiger partial charge in [-0.3, -0.25) is 9.69 Å². The van der Waals surface area contributed by atoms with E-state index < -0.39 is 0 Å². The third-order valence-electron chi connectivity index (χ3n) is 4.49. The molecular weight excluding hydrogens is 292 g/mol. The van der Waals surface area contributed by atoms with Gasteiger partial charge in [-0.05, 0) is 31.6 Å². The Morgan fingerprint density at radius 2 is 2.33 bits per heavy atom. The van der Waals surface area contributed by atoms with Crippen molar-refractivity contribution in [2.45, 2.75) is 32.2 Å². The smallest absolute Gasteiger partial charge is 0.239 e. The molecule has 1 aromatic rings. The molecule has 3 rings (SSSR count). The van der Waals surface area contributed by atoms with Crippen molar-refractivity contribution in [3.05, 3.63) is 11.8 Å². The molecule has 118 valence electrons. The maximum atomic E-state index is 12.0. The van der Waals surface area contributed by atoms with E-state index in [1.54, 1.807) is 13.0 Å². The van der Waals surface area contributed by atoms with Crippen LogP contribution < -0.4 is 11.1 Å². The number of hydrogen-bond acceptors (Lipinski definition) is 5. The molecular formula is C14H23ClN4O2. The van der Waals surface area contributed by atoms with Crippen LogP contribution in [-0.2, 0) is 4.79 Å². The third-order valence-corrected chi connectivity index (χ3v) is 4.49. The molecule has 1 saturated carbocycles. The van der Waals surface area contributed by atoms with Crippen LogP contribution >= 0.6 is 12.4 Å². The molecule has 21 heavy (non-hydrogen) atoms. The average Bonchev–Trinajstić information content (AvgIpc) is 2.96. The molecule has 1 aliphatic carbocycles. The Hall–Kier alpha value is -1.11. The van der Waals surface area contributed by atoms with Crippen LogP contribution in [0.15, 0.2) is 10.6 Å². The lowest BCUT2D eigenvalue weighted by Crippen LogP contribution is -2.38. The second-order valence-electron chi connectivity index (χ2n) is 6.08. The lowest BCUT2D eigenvalue weighted by Gasteiger charge is -2.29. The number of fused-ring (bicyclic) bond motifs is 1. The second kappa shape index (κ2) is 6.77. The molecule has 0 radical (unpaired) electrons. The van der Waals surface area contributed by atoms with Gasteiger partial charge in [0.25, 0.3) is 0 Å². The topological polar surface area (TPSA) is 84.4 Å². The molecule has 1 aliphatic heterocycles.